The number of aliphatic hydroxyl groups is 1. The first-order valence-electron chi connectivity index (χ1n) is 12.9. The van der Waals surface area contributed by atoms with E-state index in [0.717, 1.165) is 23.1 Å². The molecule has 10 nitrogen and oxygen atoms in total. The number of thiazole rings is 1. The molecule has 39 heavy (non-hydrogen) atoms. The van der Waals surface area contributed by atoms with Crippen LogP contribution in [0.15, 0.2) is 58.9 Å². The van der Waals surface area contributed by atoms with Crippen molar-refractivity contribution in [1.82, 2.24) is 14.6 Å². The Morgan fingerprint density at radius 1 is 1.13 bits per heavy atom. The lowest BCUT2D eigenvalue weighted by atomic mass is 10.0. The van der Waals surface area contributed by atoms with Crippen LogP contribution in [0.2, 0.25) is 0 Å². The number of aliphatic hydroxyl groups excluding tert-OH is 1. The van der Waals surface area contributed by atoms with Gasteiger partial charge in [0.1, 0.15) is 0 Å². The molecule has 0 radical (unpaired) electrons. The molecule has 0 aliphatic carbocycles. The Kier molecular flexibility index (Phi) is 10.8. The summed E-state index contributed by atoms with van der Waals surface area (Å²) in [5, 5.41) is 14.0. The van der Waals surface area contributed by atoms with E-state index in [2.05, 4.69) is 10.3 Å². The first-order chi connectivity index (χ1) is 18.5. The van der Waals surface area contributed by atoms with E-state index in [0.29, 0.717) is 5.52 Å². The standard InChI is InChI=1S/C27H36N4O6S2/c1-4-19(5-2)15-31(39(35,36)21-11-12-22-25(14-21)38-17-29-22)16-24(32)23(13-20-9-7-6-8-10-20)30-27(34)37-18(3)26(28)33/h6-12,14,17-19,23-24,32H,4-5,13,15-16H2,1-3H3,(H2,28,33)(H,30,34)/t18-,23+,24-/m1/s1. The summed E-state index contributed by atoms with van der Waals surface area (Å²) in [6, 6.07) is 13.0. The van der Waals surface area contributed by atoms with Gasteiger partial charge in [-0.3, -0.25) is 4.79 Å². The summed E-state index contributed by atoms with van der Waals surface area (Å²) in [7, 11) is -4.00. The normalized spacial score (nSPS) is 14.3. The minimum absolute atomic E-state index is 0.0704. The average molecular weight is 577 g/mol. The summed E-state index contributed by atoms with van der Waals surface area (Å²) in [5.41, 5.74) is 8.38. The van der Waals surface area contributed by atoms with Crippen molar-refractivity contribution in [2.45, 2.75) is 63.2 Å². The first-order valence-corrected chi connectivity index (χ1v) is 15.2. The van der Waals surface area contributed by atoms with Crippen molar-refractivity contribution in [2.24, 2.45) is 11.7 Å². The lowest BCUT2D eigenvalue weighted by Gasteiger charge is -2.31. The fourth-order valence-corrected chi connectivity index (χ4v) is 6.49. The maximum Gasteiger partial charge on any atom is 0.408 e. The smallest absolute Gasteiger partial charge is 0.408 e. The van der Waals surface area contributed by atoms with Crippen LogP contribution in [0, 0.1) is 5.92 Å². The van der Waals surface area contributed by atoms with Crippen LogP contribution in [0.4, 0.5) is 4.79 Å². The van der Waals surface area contributed by atoms with Crippen molar-refractivity contribution in [3.05, 3.63) is 59.6 Å². The number of carbonyl (C=O) groups is 2. The molecular weight excluding hydrogens is 540 g/mol. The van der Waals surface area contributed by atoms with Crippen LogP contribution in [-0.2, 0) is 26.0 Å². The Morgan fingerprint density at radius 2 is 1.82 bits per heavy atom. The topological polar surface area (TPSA) is 152 Å². The van der Waals surface area contributed by atoms with Gasteiger partial charge in [-0.25, -0.2) is 18.2 Å². The van der Waals surface area contributed by atoms with E-state index in [9.17, 15) is 23.1 Å². The molecule has 0 bridgehead atoms. The van der Waals surface area contributed by atoms with Crippen molar-refractivity contribution in [1.29, 1.82) is 0 Å². The van der Waals surface area contributed by atoms with Crippen LogP contribution < -0.4 is 11.1 Å². The molecule has 0 saturated heterocycles. The maximum atomic E-state index is 13.9. The predicted octanol–water partition coefficient (Wildman–Crippen LogP) is 3.30. The average Bonchev–Trinajstić information content (AvgIpc) is 3.39. The number of aromatic nitrogens is 1. The van der Waals surface area contributed by atoms with Crippen LogP contribution in [0.25, 0.3) is 10.2 Å². The molecule has 3 rings (SSSR count). The third kappa shape index (κ3) is 8.21. The van der Waals surface area contributed by atoms with Gasteiger partial charge in [0.25, 0.3) is 5.91 Å². The highest BCUT2D eigenvalue weighted by atomic mass is 32.2. The number of hydrogen-bond donors (Lipinski definition) is 3. The number of nitrogens with two attached hydrogens (primary N) is 1. The van der Waals surface area contributed by atoms with Gasteiger partial charge in [-0.15, -0.1) is 11.3 Å². The molecule has 2 aromatic carbocycles. The summed E-state index contributed by atoms with van der Waals surface area (Å²) in [6.45, 7) is 5.27. The van der Waals surface area contributed by atoms with E-state index in [1.807, 2.05) is 44.2 Å². The summed E-state index contributed by atoms with van der Waals surface area (Å²) < 4.78 is 34.8. The number of carbonyl (C=O) groups excluding carboxylic acids is 2. The molecule has 12 heteroatoms. The van der Waals surface area contributed by atoms with E-state index < -0.39 is 40.3 Å². The summed E-state index contributed by atoms with van der Waals surface area (Å²) in [4.78, 5) is 28.2. The van der Waals surface area contributed by atoms with E-state index in [1.54, 1.807) is 17.6 Å². The lowest BCUT2D eigenvalue weighted by Crippen LogP contribution is -2.52. The highest BCUT2D eigenvalue weighted by Crippen LogP contribution is 2.26. The number of rotatable bonds is 14. The second-order valence-electron chi connectivity index (χ2n) is 9.44. The van der Waals surface area contributed by atoms with Gasteiger partial charge >= 0.3 is 6.09 Å². The Bertz CT molecular complexity index is 1340. The summed E-state index contributed by atoms with van der Waals surface area (Å²) in [6.07, 6.45) is -1.68. The molecule has 4 N–H and O–H groups in total. The van der Waals surface area contributed by atoms with E-state index >= 15 is 0 Å². The van der Waals surface area contributed by atoms with Crippen molar-refractivity contribution < 1.29 is 27.9 Å². The fourth-order valence-electron chi connectivity index (χ4n) is 4.14. The second-order valence-corrected chi connectivity index (χ2v) is 12.3. The molecule has 3 aromatic rings. The van der Waals surface area contributed by atoms with Gasteiger partial charge in [-0.1, -0.05) is 57.0 Å². The number of ether oxygens (including phenoxy) is 1. The molecule has 0 saturated carbocycles. The minimum atomic E-state index is -4.00. The molecule has 0 aliphatic rings. The number of hydrogen-bond acceptors (Lipinski definition) is 8. The Balaban J connectivity index is 1.90. The van der Waals surface area contributed by atoms with Gasteiger partial charge < -0.3 is 20.9 Å². The van der Waals surface area contributed by atoms with E-state index in [-0.39, 0.29) is 30.3 Å². The van der Waals surface area contributed by atoms with Crippen LogP contribution >= 0.6 is 11.3 Å². The highest BCUT2D eigenvalue weighted by molar-refractivity contribution is 7.89. The van der Waals surface area contributed by atoms with Crippen LogP contribution in [0.1, 0.15) is 39.2 Å². The second kappa shape index (κ2) is 13.8. The number of nitrogens with one attached hydrogen (secondary N) is 1. The zero-order valence-corrected chi connectivity index (χ0v) is 24.0. The number of alkyl carbamates (subject to hydrolysis) is 1. The predicted molar refractivity (Wildman–Crippen MR) is 151 cm³/mol. The monoisotopic (exact) mass is 576 g/mol. The van der Waals surface area contributed by atoms with Crippen LogP contribution in [-0.4, -0.2) is 66.2 Å². The largest absolute Gasteiger partial charge is 0.436 e. The Hall–Kier alpha value is -3.06. The number of fused-ring (bicyclic) bond motifs is 1. The van der Waals surface area contributed by atoms with Crippen molar-refractivity contribution in [3.8, 4) is 0 Å². The molecule has 1 heterocycles. The third-order valence-electron chi connectivity index (χ3n) is 6.70. The van der Waals surface area contributed by atoms with Gasteiger partial charge in [0, 0.05) is 13.1 Å². The molecule has 0 fully saturated rings. The molecule has 2 amide bonds. The maximum absolute atomic E-state index is 13.9. The van der Waals surface area contributed by atoms with E-state index in [4.69, 9.17) is 10.5 Å². The van der Waals surface area contributed by atoms with Gasteiger partial charge in [-0.2, -0.15) is 4.31 Å². The first kappa shape index (κ1) is 30.5. The van der Waals surface area contributed by atoms with Crippen molar-refractivity contribution in [2.75, 3.05) is 13.1 Å². The van der Waals surface area contributed by atoms with Crippen molar-refractivity contribution in [3.63, 3.8) is 0 Å². The Labute approximate surface area is 233 Å². The zero-order chi connectivity index (χ0) is 28.6. The fraction of sp³-hybridized carbons (Fsp3) is 0.444. The highest BCUT2D eigenvalue weighted by Gasteiger charge is 2.33. The summed E-state index contributed by atoms with van der Waals surface area (Å²) >= 11 is 1.35. The van der Waals surface area contributed by atoms with Gasteiger partial charge in [0.05, 0.1) is 32.8 Å². The van der Waals surface area contributed by atoms with Gasteiger partial charge in [0.2, 0.25) is 10.0 Å². The number of sulfonamides is 1. The molecule has 0 unspecified atom stereocenters. The van der Waals surface area contributed by atoms with E-state index in [1.165, 1.54) is 28.6 Å². The number of benzene rings is 2. The minimum Gasteiger partial charge on any atom is -0.436 e. The molecule has 0 spiro atoms. The van der Waals surface area contributed by atoms with Crippen LogP contribution in [0.3, 0.4) is 0 Å². The molecular formula is C27H36N4O6S2. The van der Waals surface area contributed by atoms with Crippen LogP contribution in [0.5, 0.6) is 0 Å². The molecule has 3 atom stereocenters. The lowest BCUT2D eigenvalue weighted by molar-refractivity contribution is -0.125. The quantitative estimate of drug-likeness (QED) is 0.266. The molecule has 1 aromatic heterocycles. The van der Waals surface area contributed by atoms with Gasteiger partial charge in [0.15, 0.2) is 6.10 Å². The number of amides is 2. The molecule has 0 aliphatic heterocycles. The molecule has 212 valence electrons. The zero-order valence-electron chi connectivity index (χ0n) is 22.3. The summed E-state index contributed by atoms with van der Waals surface area (Å²) in [5.74, 6) is -0.744. The third-order valence-corrected chi connectivity index (χ3v) is 9.32. The van der Waals surface area contributed by atoms with Crippen molar-refractivity contribution >= 4 is 43.6 Å². The Morgan fingerprint density at radius 3 is 2.46 bits per heavy atom. The number of nitrogens with zero attached hydrogens (tertiary/aromatic N) is 2. The van der Waals surface area contributed by atoms with Gasteiger partial charge in [-0.05, 0) is 43.0 Å². The SMILES string of the molecule is CCC(CC)CN(C[C@@H](O)[C@H](Cc1ccccc1)NC(=O)O[C@H](C)C(N)=O)S(=O)(=O)c1ccc2ncsc2c1. The number of primary amides is 1.